The fourth-order valence-electron chi connectivity index (χ4n) is 2.35. The van der Waals surface area contributed by atoms with Crippen LogP contribution in [0.15, 0.2) is 0 Å². The molecule has 0 heteroatoms. The minimum Gasteiger partial charge on any atom is -0.0654 e. The van der Waals surface area contributed by atoms with E-state index < -0.39 is 0 Å². The van der Waals surface area contributed by atoms with Gasteiger partial charge in [0, 0.05) is 0 Å². The van der Waals surface area contributed by atoms with Gasteiger partial charge >= 0.3 is 0 Å². The van der Waals surface area contributed by atoms with Gasteiger partial charge in [-0.2, -0.15) is 0 Å². The standard InChI is InChI=1S/C13H26/c1-4-7-12-10-13(12)9-6-5-8-11(2)3/h11-13H,4-10H2,1-3H3. The van der Waals surface area contributed by atoms with Gasteiger partial charge in [-0.3, -0.25) is 0 Å². The average molecular weight is 182 g/mol. The summed E-state index contributed by atoms with van der Waals surface area (Å²) < 4.78 is 0. The lowest BCUT2D eigenvalue weighted by atomic mass is 10.0. The van der Waals surface area contributed by atoms with E-state index in [1.165, 1.54) is 38.5 Å². The molecule has 2 unspecified atom stereocenters. The topological polar surface area (TPSA) is 0 Å². The molecule has 0 radical (unpaired) electrons. The second-order valence-electron chi connectivity index (χ2n) is 5.22. The second kappa shape index (κ2) is 5.67. The smallest absolute Gasteiger partial charge is 0.0383 e. The van der Waals surface area contributed by atoms with Gasteiger partial charge in [-0.25, -0.2) is 0 Å². The Labute approximate surface area is 84.1 Å². The highest BCUT2D eigenvalue weighted by Crippen LogP contribution is 2.45. The molecule has 0 aliphatic heterocycles. The highest BCUT2D eigenvalue weighted by molar-refractivity contribution is 4.85. The molecule has 13 heavy (non-hydrogen) atoms. The van der Waals surface area contributed by atoms with Crippen LogP contribution in [0.3, 0.4) is 0 Å². The summed E-state index contributed by atoms with van der Waals surface area (Å²) in [7, 11) is 0. The first-order chi connectivity index (χ1) is 6.24. The van der Waals surface area contributed by atoms with E-state index in [4.69, 9.17) is 0 Å². The molecule has 1 aliphatic carbocycles. The van der Waals surface area contributed by atoms with E-state index in [0.717, 1.165) is 17.8 Å². The maximum atomic E-state index is 2.33. The Morgan fingerprint density at radius 2 is 1.77 bits per heavy atom. The van der Waals surface area contributed by atoms with Crippen molar-refractivity contribution in [1.82, 2.24) is 0 Å². The van der Waals surface area contributed by atoms with Gasteiger partial charge in [0.15, 0.2) is 0 Å². The number of rotatable bonds is 7. The molecule has 0 aromatic rings. The molecule has 0 heterocycles. The molecule has 0 saturated heterocycles. The summed E-state index contributed by atoms with van der Waals surface area (Å²) in [6.45, 7) is 6.97. The zero-order valence-electron chi connectivity index (χ0n) is 9.68. The molecular weight excluding hydrogens is 156 g/mol. The van der Waals surface area contributed by atoms with Crippen molar-refractivity contribution in [2.75, 3.05) is 0 Å². The summed E-state index contributed by atoms with van der Waals surface area (Å²) >= 11 is 0. The van der Waals surface area contributed by atoms with Crippen LogP contribution in [0, 0.1) is 17.8 Å². The third-order valence-electron chi connectivity index (χ3n) is 3.33. The summed E-state index contributed by atoms with van der Waals surface area (Å²) in [4.78, 5) is 0. The molecule has 0 spiro atoms. The molecule has 0 nitrogen and oxygen atoms in total. The van der Waals surface area contributed by atoms with Crippen LogP contribution in [-0.4, -0.2) is 0 Å². The van der Waals surface area contributed by atoms with Gasteiger partial charge in [0.05, 0.1) is 0 Å². The Balaban J connectivity index is 1.85. The van der Waals surface area contributed by atoms with Crippen molar-refractivity contribution in [3.8, 4) is 0 Å². The molecule has 2 atom stereocenters. The van der Waals surface area contributed by atoms with Crippen molar-refractivity contribution < 1.29 is 0 Å². The lowest BCUT2D eigenvalue weighted by molar-refractivity contribution is 0.500. The molecule has 1 saturated carbocycles. The van der Waals surface area contributed by atoms with Crippen LogP contribution in [0.4, 0.5) is 0 Å². The summed E-state index contributed by atoms with van der Waals surface area (Å²) in [6.07, 6.45) is 10.4. The lowest BCUT2D eigenvalue weighted by Crippen LogP contribution is -1.88. The van der Waals surface area contributed by atoms with Crippen molar-refractivity contribution in [3.05, 3.63) is 0 Å². The zero-order valence-corrected chi connectivity index (χ0v) is 9.68. The van der Waals surface area contributed by atoms with Crippen molar-refractivity contribution in [1.29, 1.82) is 0 Å². The lowest BCUT2D eigenvalue weighted by Gasteiger charge is -2.03. The molecule has 1 rings (SSSR count). The van der Waals surface area contributed by atoms with Crippen LogP contribution < -0.4 is 0 Å². The molecule has 1 aliphatic rings. The van der Waals surface area contributed by atoms with Crippen LogP contribution in [-0.2, 0) is 0 Å². The number of hydrogen-bond acceptors (Lipinski definition) is 0. The first-order valence-electron chi connectivity index (χ1n) is 6.24. The van der Waals surface area contributed by atoms with E-state index in [1.807, 2.05) is 0 Å². The fraction of sp³-hybridized carbons (Fsp3) is 1.00. The Morgan fingerprint density at radius 3 is 2.38 bits per heavy atom. The first-order valence-corrected chi connectivity index (χ1v) is 6.24. The fourth-order valence-corrected chi connectivity index (χ4v) is 2.35. The molecule has 0 bridgehead atoms. The van der Waals surface area contributed by atoms with Crippen LogP contribution in [0.25, 0.3) is 0 Å². The van der Waals surface area contributed by atoms with Gasteiger partial charge in [-0.1, -0.05) is 59.3 Å². The van der Waals surface area contributed by atoms with Crippen LogP contribution in [0.1, 0.15) is 65.7 Å². The molecule has 0 N–H and O–H groups in total. The van der Waals surface area contributed by atoms with Crippen molar-refractivity contribution in [2.24, 2.45) is 17.8 Å². The Kier molecular flexibility index (Phi) is 4.83. The van der Waals surface area contributed by atoms with Gasteiger partial charge < -0.3 is 0 Å². The van der Waals surface area contributed by atoms with Crippen molar-refractivity contribution >= 4 is 0 Å². The summed E-state index contributed by atoms with van der Waals surface area (Å²) in [6, 6.07) is 0. The summed E-state index contributed by atoms with van der Waals surface area (Å²) in [5, 5.41) is 0. The minimum absolute atomic E-state index is 0.908. The van der Waals surface area contributed by atoms with Crippen LogP contribution in [0.2, 0.25) is 0 Å². The molecule has 0 amide bonds. The summed E-state index contributed by atoms with van der Waals surface area (Å²) in [5.74, 6) is 3.17. The normalized spacial score (nSPS) is 26.8. The minimum atomic E-state index is 0.908. The molecule has 78 valence electrons. The molecule has 0 aromatic heterocycles. The van der Waals surface area contributed by atoms with Gasteiger partial charge in [0.25, 0.3) is 0 Å². The van der Waals surface area contributed by atoms with Crippen molar-refractivity contribution in [2.45, 2.75) is 65.7 Å². The van der Waals surface area contributed by atoms with E-state index in [2.05, 4.69) is 20.8 Å². The van der Waals surface area contributed by atoms with E-state index >= 15 is 0 Å². The summed E-state index contributed by atoms with van der Waals surface area (Å²) in [5.41, 5.74) is 0. The third-order valence-corrected chi connectivity index (χ3v) is 3.33. The van der Waals surface area contributed by atoms with Gasteiger partial charge in [0.1, 0.15) is 0 Å². The highest BCUT2D eigenvalue weighted by Gasteiger charge is 2.34. The maximum Gasteiger partial charge on any atom is -0.0383 e. The predicted octanol–water partition coefficient (Wildman–Crippen LogP) is 4.64. The number of hydrogen-bond donors (Lipinski definition) is 0. The van der Waals surface area contributed by atoms with Gasteiger partial charge in [0.2, 0.25) is 0 Å². The molecular formula is C13H26. The van der Waals surface area contributed by atoms with E-state index in [1.54, 1.807) is 6.42 Å². The third kappa shape index (κ3) is 4.69. The van der Waals surface area contributed by atoms with Gasteiger partial charge in [-0.15, -0.1) is 0 Å². The Hall–Kier alpha value is 0. The van der Waals surface area contributed by atoms with Crippen LogP contribution in [0.5, 0.6) is 0 Å². The van der Waals surface area contributed by atoms with Gasteiger partial charge in [-0.05, 0) is 24.2 Å². The van der Waals surface area contributed by atoms with E-state index in [-0.39, 0.29) is 0 Å². The Bertz CT molecular complexity index is 126. The molecule has 1 fully saturated rings. The highest BCUT2D eigenvalue weighted by atomic mass is 14.4. The van der Waals surface area contributed by atoms with E-state index in [0.29, 0.717) is 0 Å². The molecule has 0 aromatic carbocycles. The van der Waals surface area contributed by atoms with E-state index in [9.17, 15) is 0 Å². The van der Waals surface area contributed by atoms with Crippen molar-refractivity contribution in [3.63, 3.8) is 0 Å². The first kappa shape index (κ1) is 11.1. The zero-order chi connectivity index (χ0) is 9.68. The second-order valence-corrected chi connectivity index (χ2v) is 5.22. The average Bonchev–Trinajstić information content (AvgIpc) is 2.78. The largest absolute Gasteiger partial charge is 0.0654 e. The predicted molar refractivity (Wildman–Crippen MR) is 59.8 cm³/mol. The Morgan fingerprint density at radius 1 is 1.08 bits per heavy atom. The SMILES string of the molecule is CCCC1CC1CCCCC(C)C. The van der Waals surface area contributed by atoms with Crippen LogP contribution >= 0.6 is 0 Å². The monoisotopic (exact) mass is 182 g/mol. The number of unbranched alkanes of at least 4 members (excludes halogenated alkanes) is 1. The maximum absolute atomic E-state index is 2.33. The quantitative estimate of drug-likeness (QED) is 0.503.